The van der Waals surface area contributed by atoms with Crippen LogP contribution in [0.1, 0.15) is 6.92 Å². The molecule has 0 unspecified atom stereocenters. The molecular formula is C16H14N4OS. The molecule has 4 aromatic rings. The van der Waals surface area contributed by atoms with E-state index in [9.17, 15) is 0 Å². The van der Waals surface area contributed by atoms with Gasteiger partial charge in [0.25, 0.3) is 0 Å². The Kier molecular flexibility index (Phi) is 3.16. The molecule has 2 aromatic heterocycles. The third-order valence-corrected chi connectivity index (χ3v) is 4.22. The molecule has 0 aliphatic heterocycles. The summed E-state index contributed by atoms with van der Waals surface area (Å²) in [5.74, 6) is 1.57. The molecular weight excluding hydrogens is 296 g/mol. The van der Waals surface area contributed by atoms with Gasteiger partial charge in [-0.15, -0.1) is 0 Å². The van der Waals surface area contributed by atoms with Crippen LogP contribution in [0.3, 0.4) is 0 Å². The average molecular weight is 310 g/mol. The summed E-state index contributed by atoms with van der Waals surface area (Å²) in [6.45, 7) is 2.64. The predicted octanol–water partition coefficient (Wildman–Crippen LogP) is 4.31. The maximum absolute atomic E-state index is 5.52. The van der Waals surface area contributed by atoms with Crippen molar-refractivity contribution in [3.05, 3.63) is 42.5 Å². The minimum absolute atomic E-state index is 0.661. The summed E-state index contributed by atoms with van der Waals surface area (Å²) in [5, 5.41) is 4.04. The van der Waals surface area contributed by atoms with Gasteiger partial charge in [-0.1, -0.05) is 23.5 Å². The number of ether oxygens (including phenoxy) is 1. The van der Waals surface area contributed by atoms with Gasteiger partial charge in [-0.05, 0) is 37.3 Å². The van der Waals surface area contributed by atoms with E-state index in [0.29, 0.717) is 12.6 Å². The van der Waals surface area contributed by atoms with Crippen LogP contribution in [0.4, 0.5) is 11.1 Å². The van der Waals surface area contributed by atoms with Gasteiger partial charge in [0, 0.05) is 0 Å². The number of nitrogens with zero attached hydrogens (tertiary/aromatic N) is 2. The van der Waals surface area contributed by atoms with E-state index in [-0.39, 0.29) is 0 Å². The van der Waals surface area contributed by atoms with E-state index in [1.807, 2.05) is 49.4 Å². The number of aromatic nitrogens is 3. The molecule has 5 nitrogen and oxygen atoms in total. The molecule has 0 aliphatic carbocycles. The Labute approximate surface area is 131 Å². The maximum Gasteiger partial charge on any atom is 0.207 e. The van der Waals surface area contributed by atoms with Crippen molar-refractivity contribution in [2.45, 2.75) is 6.92 Å². The lowest BCUT2D eigenvalue weighted by molar-refractivity contribution is 0.341. The van der Waals surface area contributed by atoms with Crippen LogP contribution in [0, 0.1) is 0 Å². The first-order valence-electron chi connectivity index (χ1n) is 7.07. The van der Waals surface area contributed by atoms with Crippen LogP contribution in [0.2, 0.25) is 0 Å². The number of nitrogens with one attached hydrogen (secondary N) is 2. The zero-order valence-corrected chi connectivity index (χ0v) is 12.8. The molecule has 0 radical (unpaired) electrons. The fourth-order valence-corrected chi connectivity index (χ4v) is 3.22. The quantitative estimate of drug-likeness (QED) is 0.589. The van der Waals surface area contributed by atoms with E-state index in [1.165, 1.54) is 0 Å². The predicted molar refractivity (Wildman–Crippen MR) is 90.2 cm³/mol. The molecule has 0 saturated carbocycles. The van der Waals surface area contributed by atoms with Crippen LogP contribution in [0.5, 0.6) is 5.75 Å². The van der Waals surface area contributed by atoms with Crippen LogP contribution in [0.15, 0.2) is 42.5 Å². The number of rotatable bonds is 4. The molecule has 4 rings (SSSR count). The molecule has 2 aromatic carbocycles. The van der Waals surface area contributed by atoms with E-state index in [1.54, 1.807) is 11.3 Å². The first-order chi connectivity index (χ1) is 10.8. The summed E-state index contributed by atoms with van der Waals surface area (Å²) in [6.07, 6.45) is 0. The van der Waals surface area contributed by atoms with E-state index in [4.69, 9.17) is 4.74 Å². The fourth-order valence-electron chi connectivity index (χ4n) is 2.33. The summed E-state index contributed by atoms with van der Waals surface area (Å²) in [5.41, 5.74) is 2.89. The molecule has 110 valence electrons. The molecule has 0 amide bonds. The lowest BCUT2D eigenvalue weighted by Crippen LogP contribution is -1.90. The SMILES string of the molecule is CCOc1ccc2nc(Nc3nc4ccccc4[nH]3)sc2c1. The van der Waals surface area contributed by atoms with Gasteiger partial charge >= 0.3 is 0 Å². The van der Waals surface area contributed by atoms with Gasteiger partial charge in [0.2, 0.25) is 5.95 Å². The Morgan fingerprint density at radius 2 is 2.05 bits per heavy atom. The number of hydrogen-bond acceptors (Lipinski definition) is 5. The second-order valence-electron chi connectivity index (χ2n) is 4.81. The lowest BCUT2D eigenvalue weighted by Gasteiger charge is -2.00. The summed E-state index contributed by atoms with van der Waals surface area (Å²) in [4.78, 5) is 12.3. The van der Waals surface area contributed by atoms with Gasteiger partial charge in [0.15, 0.2) is 5.13 Å². The highest BCUT2D eigenvalue weighted by atomic mass is 32.1. The number of imidazole rings is 1. The van der Waals surface area contributed by atoms with Crippen LogP contribution in [-0.2, 0) is 0 Å². The topological polar surface area (TPSA) is 62.8 Å². The monoisotopic (exact) mass is 310 g/mol. The molecule has 6 heteroatoms. The number of thiazole rings is 1. The number of aromatic amines is 1. The van der Waals surface area contributed by atoms with Crippen molar-refractivity contribution in [1.82, 2.24) is 15.0 Å². The van der Waals surface area contributed by atoms with E-state index in [2.05, 4.69) is 20.3 Å². The zero-order chi connectivity index (χ0) is 14.9. The number of H-pyrrole nitrogens is 1. The fraction of sp³-hybridized carbons (Fsp3) is 0.125. The van der Waals surface area contributed by atoms with Crippen molar-refractivity contribution >= 4 is 43.7 Å². The molecule has 2 N–H and O–H groups in total. The van der Waals surface area contributed by atoms with Crippen LogP contribution >= 0.6 is 11.3 Å². The lowest BCUT2D eigenvalue weighted by atomic mass is 10.3. The van der Waals surface area contributed by atoms with Gasteiger partial charge in [0.1, 0.15) is 5.75 Å². The molecule has 22 heavy (non-hydrogen) atoms. The number of benzene rings is 2. The first-order valence-corrected chi connectivity index (χ1v) is 7.88. The largest absolute Gasteiger partial charge is 0.494 e. The van der Waals surface area contributed by atoms with Gasteiger partial charge in [0.05, 0.1) is 27.9 Å². The van der Waals surface area contributed by atoms with Crippen molar-refractivity contribution in [3.63, 3.8) is 0 Å². The number of anilines is 2. The highest BCUT2D eigenvalue weighted by molar-refractivity contribution is 7.22. The number of para-hydroxylation sites is 2. The number of hydrogen-bond donors (Lipinski definition) is 2. The summed E-state index contributed by atoms with van der Waals surface area (Å²) in [7, 11) is 0. The molecule has 0 bridgehead atoms. The van der Waals surface area contributed by atoms with Crippen LogP contribution < -0.4 is 10.1 Å². The third-order valence-electron chi connectivity index (χ3n) is 3.29. The van der Waals surface area contributed by atoms with Gasteiger partial charge in [-0.3, -0.25) is 0 Å². The van der Waals surface area contributed by atoms with Gasteiger partial charge in [-0.2, -0.15) is 0 Å². The summed E-state index contributed by atoms with van der Waals surface area (Å²) in [6, 6.07) is 13.9. The summed E-state index contributed by atoms with van der Waals surface area (Å²) >= 11 is 1.58. The molecule has 0 spiro atoms. The molecule has 0 aliphatic rings. The van der Waals surface area contributed by atoms with Crippen molar-refractivity contribution in [1.29, 1.82) is 0 Å². The van der Waals surface area contributed by atoms with Gasteiger partial charge in [-0.25, -0.2) is 9.97 Å². The normalized spacial score (nSPS) is 11.1. The highest BCUT2D eigenvalue weighted by Gasteiger charge is 2.08. The molecule has 2 heterocycles. The minimum Gasteiger partial charge on any atom is -0.494 e. The Bertz CT molecular complexity index is 911. The third kappa shape index (κ3) is 2.37. The van der Waals surface area contributed by atoms with Crippen LogP contribution in [0.25, 0.3) is 21.3 Å². The Balaban J connectivity index is 1.65. The van der Waals surface area contributed by atoms with Crippen molar-refractivity contribution < 1.29 is 4.74 Å². The zero-order valence-electron chi connectivity index (χ0n) is 12.0. The highest BCUT2D eigenvalue weighted by Crippen LogP contribution is 2.30. The average Bonchev–Trinajstić information content (AvgIpc) is 3.09. The molecule has 0 atom stereocenters. The second kappa shape index (κ2) is 5.31. The van der Waals surface area contributed by atoms with Crippen molar-refractivity contribution in [2.75, 3.05) is 11.9 Å². The van der Waals surface area contributed by atoms with Gasteiger partial charge < -0.3 is 15.0 Å². The Morgan fingerprint density at radius 1 is 1.14 bits per heavy atom. The first kappa shape index (κ1) is 13.1. The second-order valence-corrected chi connectivity index (χ2v) is 5.84. The Morgan fingerprint density at radius 3 is 2.91 bits per heavy atom. The standard InChI is InChI=1S/C16H14N4OS/c1-2-21-10-7-8-13-14(9-10)22-16(19-13)20-15-17-11-5-3-4-6-12(11)18-15/h3-9H,2H2,1H3,(H2,17,18,19,20). The maximum atomic E-state index is 5.52. The van der Waals surface area contributed by atoms with Crippen LogP contribution in [-0.4, -0.2) is 21.6 Å². The van der Waals surface area contributed by atoms with E-state index < -0.39 is 0 Å². The Hall–Kier alpha value is -2.60. The minimum atomic E-state index is 0.661. The van der Waals surface area contributed by atoms with E-state index in [0.717, 1.165) is 32.1 Å². The molecule has 0 fully saturated rings. The summed E-state index contributed by atoms with van der Waals surface area (Å²) < 4.78 is 6.61. The smallest absolute Gasteiger partial charge is 0.207 e. The van der Waals surface area contributed by atoms with E-state index >= 15 is 0 Å². The van der Waals surface area contributed by atoms with Crippen molar-refractivity contribution in [2.24, 2.45) is 0 Å². The van der Waals surface area contributed by atoms with Crippen molar-refractivity contribution in [3.8, 4) is 5.75 Å². The number of fused-ring (bicyclic) bond motifs is 2. The molecule has 0 saturated heterocycles.